The fourth-order valence-electron chi connectivity index (χ4n) is 3.06. The summed E-state index contributed by atoms with van der Waals surface area (Å²) >= 11 is 0. The SMILES string of the molecule is CCC1CCC(CNCc2cc(C(=O)O)oc2C)CC1. The van der Waals surface area contributed by atoms with E-state index in [0.717, 1.165) is 23.9 Å². The van der Waals surface area contributed by atoms with Gasteiger partial charge in [-0.05, 0) is 44.2 Å². The van der Waals surface area contributed by atoms with Crippen molar-refractivity contribution in [1.29, 1.82) is 0 Å². The summed E-state index contributed by atoms with van der Waals surface area (Å²) < 4.78 is 5.21. The van der Waals surface area contributed by atoms with Crippen LogP contribution in [0.1, 0.15) is 60.9 Å². The normalized spacial score (nSPS) is 22.9. The molecule has 4 heteroatoms. The number of furan rings is 1. The summed E-state index contributed by atoms with van der Waals surface area (Å²) in [5.74, 6) is 1.43. The molecule has 1 aliphatic rings. The molecule has 1 fully saturated rings. The fourth-order valence-corrected chi connectivity index (χ4v) is 3.06. The highest BCUT2D eigenvalue weighted by atomic mass is 16.4. The number of aryl methyl sites for hydroxylation is 1. The van der Waals surface area contributed by atoms with Crippen LogP contribution >= 0.6 is 0 Å². The number of carbonyl (C=O) groups is 1. The molecule has 20 heavy (non-hydrogen) atoms. The molecule has 2 rings (SSSR count). The smallest absolute Gasteiger partial charge is 0.371 e. The first-order chi connectivity index (χ1) is 9.60. The molecular formula is C16H25NO3. The van der Waals surface area contributed by atoms with Crippen molar-refractivity contribution in [3.63, 3.8) is 0 Å². The first kappa shape index (κ1) is 15.1. The molecule has 0 atom stereocenters. The van der Waals surface area contributed by atoms with Crippen molar-refractivity contribution in [3.8, 4) is 0 Å². The van der Waals surface area contributed by atoms with Gasteiger partial charge in [-0.3, -0.25) is 0 Å². The van der Waals surface area contributed by atoms with Crippen LogP contribution in [0.5, 0.6) is 0 Å². The maximum atomic E-state index is 10.8. The molecule has 0 aromatic carbocycles. The number of hydrogen-bond donors (Lipinski definition) is 2. The number of rotatable bonds is 6. The van der Waals surface area contributed by atoms with E-state index in [2.05, 4.69) is 12.2 Å². The molecule has 112 valence electrons. The topological polar surface area (TPSA) is 62.5 Å². The van der Waals surface area contributed by atoms with Crippen molar-refractivity contribution in [3.05, 3.63) is 23.2 Å². The number of aromatic carboxylic acids is 1. The van der Waals surface area contributed by atoms with Gasteiger partial charge in [0.15, 0.2) is 0 Å². The Hall–Kier alpha value is -1.29. The van der Waals surface area contributed by atoms with Crippen LogP contribution in [-0.4, -0.2) is 17.6 Å². The first-order valence-corrected chi connectivity index (χ1v) is 7.63. The van der Waals surface area contributed by atoms with Crippen LogP contribution in [0.4, 0.5) is 0 Å². The molecular weight excluding hydrogens is 254 g/mol. The Morgan fingerprint density at radius 1 is 1.35 bits per heavy atom. The van der Waals surface area contributed by atoms with Gasteiger partial charge in [0.1, 0.15) is 5.76 Å². The monoisotopic (exact) mass is 279 g/mol. The largest absolute Gasteiger partial charge is 0.475 e. The number of carboxylic acid groups (broad SMARTS) is 1. The van der Waals surface area contributed by atoms with Gasteiger partial charge in [-0.25, -0.2) is 4.79 Å². The number of hydrogen-bond acceptors (Lipinski definition) is 3. The van der Waals surface area contributed by atoms with Crippen LogP contribution in [-0.2, 0) is 6.54 Å². The molecule has 1 aromatic rings. The molecule has 1 heterocycles. The van der Waals surface area contributed by atoms with E-state index in [1.54, 1.807) is 6.07 Å². The van der Waals surface area contributed by atoms with E-state index in [4.69, 9.17) is 9.52 Å². The van der Waals surface area contributed by atoms with Crippen molar-refractivity contribution in [2.24, 2.45) is 11.8 Å². The molecule has 1 saturated carbocycles. The maximum Gasteiger partial charge on any atom is 0.371 e. The van der Waals surface area contributed by atoms with Gasteiger partial charge >= 0.3 is 5.97 Å². The third kappa shape index (κ3) is 3.85. The van der Waals surface area contributed by atoms with E-state index in [0.29, 0.717) is 12.3 Å². The number of nitrogens with one attached hydrogen (secondary N) is 1. The molecule has 0 spiro atoms. The molecule has 0 aliphatic heterocycles. The van der Waals surface area contributed by atoms with Gasteiger partial charge in [-0.1, -0.05) is 26.2 Å². The fraction of sp³-hybridized carbons (Fsp3) is 0.688. The van der Waals surface area contributed by atoms with Crippen molar-refractivity contribution in [1.82, 2.24) is 5.32 Å². The molecule has 0 bridgehead atoms. The second kappa shape index (κ2) is 6.93. The zero-order chi connectivity index (χ0) is 14.5. The molecule has 1 aliphatic carbocycles. The second-order valence-electron chi connectivity index (χ2n) is 5.92. The summed E-state index contributed by atoms with van der Waals surface area (Å²) in [5, 5.41) is 12.3. The van der Waals surface area contributed by atoms with Gasteiger partial charge < -0.3 is 14.8 Å². The van der Waals surface area contributed by atoms with Crippen molar-refractivity contribution < 1.29 is 14.3 Å². The lowest BCUT2D eigenvalue weighted by Gasteiger charge is -2.27. The van der Waals surface area contributed by atoms with E-state index in [9.17, 15) is 4.79 Å². The van der Waals surface area contributed by atoms with E-state index >= 15 is 0 Å². The van der Waals surface area contributed by atoms with Gasteiger partial charge in [0.05, 0.1) is 0 Å². The van der Waals surface area contributed by atoms with Crippen LogP contribution in [0.25, 0.3) is 0 Å². The lowest BCUT2D eigenvalue weighted by Crippen LogP contribution is -2.26. The Morgan fingerprint density at radius 3 is 2.55 bits per heavy atom. The zero-order valence-electron chi connectivity index (χ0n) is 12.4. The highest BCUT2D eigenvalue weighted by Gasteiger charge is 2.20. The third-order valence-electron chi connectivity index (χ3n) is 4.52. The lowest BCUT2D eigenvalue weighted by atomic mass is 9.81. The van der Waals surface area contributed by atoms with E-state index in [1.165, 1.54) is 32.1 Å². The molecule has 0 radical (unpaired) electrons. The van der Waals surface area contributed by atoms with Gasteiger partial charge in [0.25, 0.3) is 0 Å². The predicted molar refractivity (Wildman–Crippen MR) is 77.9 cm³/mol. The van der Waals surface area contributed by atoms with Gasteiger partial charge in [-0.15, -0.1) is 0 Å². The van der Waals surface area contributed by atoms with E-state index < -0.39 is 5.97 Å². The van der Waals surface area contributed by atoms with Gasteiger partial charge in [0.2, 0.25) is 5.76 Å². The minimum atomic E-state index is -1.00. The Bertz CT molecular complexity index is 445. The summed E-state index contributed by atoms with van der Waals surface area (Å²) in [6, 6.07) is 1.62. The Balaban J connectivity index is 1.75. The van der Waals surface area contributed by atoms with E-state index in [-0.39, 0.29) is 5.76 Å². The highest BCUT2D eigenvalue weighted by Crippen LogP contribution is 2.30. The Morgan fingerprint density at radius 2 is 2.00 bits per heavy atom. The molecule has 0 unspecified atom stereocenters. The average Bonchev–Trinajstić information content (AvgIpc) is 2.81. The van der Waals surface area contributed by atoms with Crippen molar-refractivity contribution in [2.45, 2.75) is 52.5 Å². The Labute approximate surface area is 120 Å². The lowest BCUT2D eigenvalue weighted by molar-refractivity contribution is 0.0661. The summed E-state index contributed by atoms with van der Waals surface area (Å²) in [4.78, 5) is 10.8. The number of carboxylic acids is 1. The summed E-state index contributed by atoms with van der Waals surface area (Å²) in [7, 11) is 0. The average molecular weight is 279 g/mol. The quantitative estimate of drug-likeness (QED) is 0.835. The van der Waals surface area contributed by atoms with E-state index in [1.807, 2.05) is 6.92 Å². The van der Waals surface area contributed by atoms with Gasteiger partial charge in [0, 0.05) is 12.1 Å². The minimum absolute atomic E-state index is 0.0303. The molecule has 0 saturated heterocycles. The molecule has 1 aromatic heterocycles. The van der Waals surface area contributed by atoms with Crippen LogP contribution < -0.4 is 5.32 Å². The van der Waals surface area contributed by atoms with Crippen molar-refractivity contribution >= 4 is 5.97 Å². The van der Waals surface area contributed by atoms with Crippen LogP contribution in [0.3, 0.4) is 0 Å². The van der Waals surface area contributed by atoms with Crippen LogP contribution in [0.2, 0.25) is 0 Å². The zero-order valence-corrected chi connectivity index (χ0v) is 12.4. The standard InChI is InChI=1S/C16H25NO3/c1-3-12-4-6-13(7-5-12)9-17-10-14-8-15(16(18)19)20-11(14)2/h8,12-13,17H,3-7,9-10H2,1-2H3,(H,18,19). The Kier molecular flexibility index (Phi) is 5.24. The molecule has 0 amide bonds. The summed E-state index contributed by atoms with van der Waals surface area (Å²) in [6.45, 7) is 5.81. The predicted octanol–water partition coefficient (Wildman–Crippen LogP) is 3.59. The summed E-state index contributed by atoms with van der Waals surface area (Å²) in [5.41, 5.74) is 0.949. The summed E-state index contributed by atoms with van der Waals surface area (Å²) in [6.07, 6.45) is 6.66. The first-order valence-electron chi connectivity index (χ1n) is 7.63. The van der Waals surface area contributed by atoms with Crippen LogP contribution in [0.15, 0.2) is 10.5 Å². The maximum absolute atomic E-state index is 10.8. The van der Waals surface area contributed by atoms with Gasteiger partial charge in [-0.2, -0.15) is 0 Å². The third-order valence-corrected chi connectivity index (χ3v) is 4.52. The van der Waals surface area contributed by atoms with Crippen LogP contribution in [0, 0.1) is 18.8 Å². The molecule has 4 nitrogen and oxygen atoms in total. The minimum Gasteiger partial charge on any atom is -0.475 e. The van der Waals surface area contributed by atoms with Crippen molar-refractivity contribution in [2.75, 3.05) is 6.54 Å². The second-order valence-corrected chi connectivity index (χ2v) is 5.92. The molecule has 2 N–H and O–H groups in total. The highest BCUT2D eigenvalue weighted by molar-refractivity contribution is 5.84.